The molecule has 0 aromatic heterocycles. The molecule has 0 heterocycles. The van der Waals surface area contributed by atoms with Crippen LogP contribution in [0, 0.1) is 25.5 Å². The third kappa shape index (κ3) is 2.69. The van der Waals surface area contributed by atoms with Gasteiger partial charge in [-0.25, -0.2) is 8.78 Å². The molecule has 0 saturated carbocycles. The molecule has 2 aromatic carbocycles. The van der Waals surface area contributed by atoms with Crippen molar-refractivity contribution in [3.63, 3.8) is 0 Å². The second-order valence-corrected chi connectivity index (χ2v) is 5.41. The SMILES string of the molecule is Cc1ccc(Br)cc1C(O)c1c(F)ccc(C)c1F. The minimum atomic E-state index is -1.32. The summed E-state index contributed by atoms with van der Waals surface area (Å²) in [6.07, 6.45) is -1.32. The second kappa shape index (κ2) is 5.39. The van der Waals surface area contributed by atoms with E-state index < -0.39 is 17.7 Å². The number of aryl methyl sites for hydroxylation is 2. The Balaban J connectivity index is 2.59. The molecule has 0 bridgehead atoms. The standard InChI is InChI=1S/C15H13BrF2O/c1-8-3-5-10(16)7-11(8)15(19)13-12(17)6-4-9(2)14(13)18/h3-7,15,19H,1-2H3. The van der Waals surface area contributed by atoms with Gasteiger partial charge in [0.25, 0.3) is 0 Å². The van der Waals surface area contributed by atoms with Crippen molar-refractivity contribution in [3.8, 4) is 0 Å². The molecule has 100 valence electrons. The van der Waals surface area contributed by atoms with Gasteiger partial charge in [0, 0.05) is 4.47 Å². The van der Waals surface area contributed by atoms with Crippen LogP contribution >= 0.6 is 15.9 Å². The number of aliphatic hydroxyl groups excluding tert-OH is 1. The van der Waals surface area contributed by atoms with Crippen LogP contribution in [0.1, 0.15) is 28.4 Å². The van der Waals surface area contributed by atoms with E-state index >= 15 is 0 Å². The largest absolute Gasteiger partial charge is 0.383 e. The van der Waals surface area contributed by atoms with Crippen molar-refractivity contribution in [3.05, 3.63) is 68.7 Å². The van der Waals surface area contributed by atoms with E-state index in [9.17, 15) is 13.9 Å². The molecular weight excluding hydrogens is 314 g/mol. The minimum absolute atomic E-state index is 0.304. The van der Waals surface area contributed by atoms with E-state index in [0.29, 0.717) is 11.1 Å². The summed E-state index contributed by atoms with van der Waals surface area (Å²) in [5.41, 5.74) is 1.26. The van der Waals surface area contributed by atoms with Crippen LogP contribution in [0.5, 0.6) is 0 Å². The first-order chi connectivity index (χ1) is 8.91. The monoisotopic (exact) mass is 326 g/mol. The van der Waals surface area contributed by atoms with Gasteiger partial charge in [0.2, 0.25) is 0 Å². The number of hydrogen-bond donors (Lipinski definition) is 1. The van der Waals surface area contributed by atoms with E-state index in [4.69, 9.17) is 0 Å². The van der Waals surface area contributed by atoms with Gasteiger partial charge < -0.3 is 5.11 Å². The molecule has 0 aliphatic heterocycles. The third-order valence-corrected chi connectivity index (χ3v) is 3.62. The lowest BCUT2D eigenvalue weighted by Crippen LogP contribution is -2.08. The lowest BCUT2D eigenvalue weighted by Gasteiger charge is -2.17. The number of benzene rings is 2. The molecule has 1 atom stereocenters. The van der Waals surface area contributed by atoms with E-state index in [-0.39, 0.29) is 5.56 Å². The van der Waals surface area contributed by atoms with Gasteiger partial charge in [0.1, 0.15) is 17.7 Å². The fourth-order valence-electron chi connectivity index (χ4n) is 1.99. The molecule has 19 heavy (non-hydrogen) atoms. The Morgan fingerprint density at radius 3 is 2.37 bits per heavy atom. The Labute approximate surface area is 119 Å². The maximum absolute atomic E-state index is 14.0. The highest BCUT2D eigenvalue weighted by molar-refractivity contribution is 9.10. The smallest absolute Gasteiger partial charge is 0.135 e. The molecule has 4 heteroatoms. The summed E-state index contributed by atoms with van der Waals surface area (Å²) in [5.74, 6) is -1.44. The summed E-state index contributed by atoms with van der Waals surface area (Å²) in [5, 5.41) is 10.3. The van der Waals surface area contributed by atoms with Gasteiger partial charge in [-0.1, -0.05) is 28.1 Å². The molecule has 0 amide bonds. The highest BCUT2D eigenvalue weighted by atomic mass is 79.9. The predicted octanol–water partition coefficient (Wildman–Crippen LogP) is 4.43. The fourth-order valence-corrected chi connectivity index (χ4v) is 2.37. The maximum atomic E-state index is 14.0. The molecule has 0 spiro atoms. The summed E-state index contributed by atoms with van der Waals surface area (Å²) >= 11 is 3.29. The first-order valence-corrected chi connectivity index (χ1v) is 6.59. The van der Waals surface area contributed by atoms with Gasteiger partial charge in [0.15, 0.2) is 0 Å². The number of rotatable bonds is 2. The summed E-state index contributed by atoms with van der Waals surface area (Å²) in [6.45, 7) is 3.33. The quantitative estimate of drug-likeness (QED) is 0.865. The summed E-state index contributed by atoms with van der Waals surface area (Å²) in [7, 11) is 0. The van der Waals surface area contributed by atoms with Crippen LogP contribution in [-0.2, 0) is 0 Å². The van der Waals surface area contributed by atoms with E-state index in [0.717, 1.165) is 10.0 Å². The number of halogens is 3. The van der Waals surface area contributed by atoms with E-state index in [1.165, 1.54) is 12.1 Å². The predicted molar refractivity (Wildman–Crippen MR) is 74.0 cm³/mol. The van der Waals surface area contributed by atoms with Crippen molar-refractivity contribution in [1.29, 1.82) is 0 Å². The van der Waals surface area contributed by atoms with Crippen molar-refractivity contribution >= 4 is 15.9 Å². The zero-order chi connectivity index (χ0) is 14.2. The van der Waals surface area contributed by atoms with Gasteiger partial charge >= 0.3 is 0 Å². The lowest BCUT2D eigenvalue weighted by atomic mass is 9.95. The van der Waals surface area contributed by atoms with E-state index in [2.05, 4.69) is 15.9 Å². The molecule has 0 aliphatic rings. The van der Waals surface area contributed by atoms with Crippen molar-refractivity contribution in [2.75, 3.05) is 0 Å². The van der Waals surface area contributed by atoms with E-state index in [1.807, 2.05) is 6.07 Å². The lowest BCUT2D eigenvalue weighted by molar-refractivity contribution is 0.208. The number of hydrogen-bond acceptors (Lipinski definition) is 1. The van der Waals surface area contributed by atoms with Crippen LogP contribution in [0.3, 0.4) is 0 Å². The Bertz CT molecular complexity index is 626. The number of aliphatic hydroxyl groups is 1. The molecule has 1 N–H and O–H groups in total. The molecular formula is C15H13BrF2O. The van der Waals surface area contributed by atoms with Gasteiger partial charge in [-0.15, -0.1) is 0 Å². The third-order valence-electron chi connectivity index (χ3n) is 3.13. The average Bonchev–Trinajstić information content (AvgIpc) is 2.37. The van der Waals surface area contributed by atoms with Gasteiger partial charge in [-0.05, 0) is 48.7 Å². The van der Waals surface area contributed by atoms with Crippen LogP contribution in [0.25, 0.3) is 0 Å². The summed E-state index contributed by atoms with van der Waals surface area (Å²) in [4.78, 5) is 0. The highest BCUT2D eigenvalue weighted by Gasteiger charge is 2.22. The van der Waals surface area contributed by atoms with Gasteiger partial charge in [0.05, 0.1) is 5.56 Å². The Morgan fingerprint density at radius 2 is 1.68 bits per heavy atom. The average molecular weight is 327 g/mol. The topological polar surface area (TPSA) is 20.2 Å². The molecule has 2 aromatic rings. The van der Waals surface area contributed by atoms with Gasteiger partial charge in [-0.3, -0.25) is 0 Å². The van der Waals surface area contributed by atoms with Crippen LogP contribution in [-0.4, -0.2) is 5.11 Å². The van der Waals surface area contributed by atoms with Crippen molar-refractivity contribution in [1.82, 2.24) is 0 Å². The zero-order valence-electron chi connectivity index (χ0n) is 10.5. The summed E-state index contributed by atoms with van der Waals surface area (Å²) in [6, 6.07) is 7.79. The first-order valence-electron chi connectivity index (χ1n) is 5.80. The minimum Gasteiger partial charge on any atom is -0.383 e. The van der Waals surface area contributed by atoms with Crippen LogP contribution in [0.4, 0.5) is 8.78 Å². The Hall–Kier alpha value is -1.26. The van der Waals surface area contributed by atoms with Crippen LogP contribution < -0.4 is 0 Å². The van der Waals surface area contributed by atoms with Crippen molar-refractivity contribution in [2.24, 2.45) is 0 Å². The highest BCUT2D eigenvalue weighted by Crippen LogP contribution is 2.31. The fraction of sp³-hybridized carbons (Fsp3) is 0.200. The summed E-state index contributed by atoms with van der Waals surface area (Å²) < 4.78 is 28.6. The second-order valence-electron chi connectivity index (χ2n) is 4.50. The maximum Gasteiger partial charge on any atom is 0.135 e. The molecule has 0 fully saturated rings. The molecule has 1 unspecified atom stereocenters. The molecule has 0 aliphatic carbocycles. The molecule has 0 saturated heterocycles. The zero-order valence-corrected chi connectivity index (χ0v) is 12.1. The van der Waals surface area contributed by atoms with Crippen molar-refractivity contribution in [2.45, 2.75) is 20.0 Å². The molecule has 1 nitrogen and oxygen atoms in total. The van der Waals surface area contributed by atoms with Crippen molar-refractivity contribution < 1.29 is 13.9 Å². The van der Waals surface area contributed by atoms with Crippen LogP contribution in [0.2, 0.25) is 0 Å². The van der Waals surface area contributed by atoms with Crippen LogP contribution in [0.15, 0.2) is 34.8 Å². The first kappa shape index (κ1) is 14.2. The van der Waals surface area contributed by atoms with Gasteiger partial charge in [-0.2, -0.15) is 0 Å². The molecule has 0 radical (unpaired) electrons. The Kier molecular flexibility index (Phi) is 4.02. The normalized spacial score (nSPS) is 12.5. The Morgan fingerprint density at radius 1 is 1.05 bits per heavy atom. The molecule has 2 rings (SSSR count). The van der Waals surface area contributed by atoms with E-state index in [1.54, 1.807) is 26.0 Å².